The normalized spacial score (nSPS) is 13.0. The first-order chi connectivity index (χ1) is 6.07. The molecule has 0 heterocycles. The zero-order valence-electron chi connectivity index (χ0n) is 8.47. The van der Waals surface area contributed by atoms with Crippen molar-refractivity contribution < 1.29 is 9.53 Å². The maximum Gasteiger partial charge on any atom is 0.222 e. The number of ether oxygens (including phenoxy) is 1. The number of amides is 1. The van der Waals surface area contributed by atoms with Gasteiger partial charge >= 0.3 is 0 Å². The van der Waals surface area contributed by atoms with Crippen LogP contribution in [0.25, 0.3) is 0 Å². The van der Waals surface area contributed by atoms with E-state index in [1.165, 1.54) is 0 Å². The van der Waals surface area contributed by atoms with Crippen molar-refractivity contribution >= 4 is 17.5 Å². The monoisotopic (exact) mass is 207 g/mol. The molecule has 0 saturated carbocycles. The average Bonchev–Trinajstić information content (AvgIpc) is 2.04. The molecule has 78 valence electrons. The van der Waals surface area contributed by atoms with Gasteiger partial charge in [-0.15, -0.1) is 11.6 Å². The van der Waals surface area contributed by atoms with Crippen molar-refractivity contribution in [2.75, 3.05) is 20.3 Å². The molecule has 3 nitrogen and oxygen atoms in total. The van der Waals surface area contributed by atoms with E-state index in [9.17, 15) is 4.79 Å². The highest BCUT2D eigenvalue weighted by Gasteiger charge is 2.07. The minimum absolute atomic E-state index is 0.0162. The fraction of sp³-hybridized carbons (Fsp3) is 0.889. The van der Waals surface area contributed by atoms with Crippen molar-refractivity contribution in [1.29, 1.82) is 0 Å². The van der Waals surface area contributed by atoms with Crippen LogP contribution < -0.4 is 5.32 Å². The maximum atomic E-state index is 11.1. The molecule has 13 heavy (non-hydrogen) atoms. The number of rotatable bonds is 6. The van der Waals surface area contributed by atoms with E-state index in [2.05, 4.69) is 5.32 Å². The molecule has 0 aliphatic heterocycles. The maximum absolute atomic E-state index is 11.1. The molecule has 1 atom stereocenters. The van der Waals surface area contributed by atoms with Gasteiger partial charge in [-0.2, -0.15) is 0 Å². The largest absolute Gasteiger partial charge is 0.383 e. The summed E-state index contributed by atoms with van der Waals surface area (Å²) in [6, 6.07) is 0. The van der Waals surface area contributed by atoms with Crippen molar-refractivity contribution in [3.63, 3.8) is 0 Å². The van der Waals surface area contributed by atoms with Gasteiger partial charge in [0, 0.05) is 19.6 Å². The quantitative estimate of drug-likeness (QED) is 0.669. The van der Waals surface area contributed by atoms with Gasteiger partial charge < -0.3 is 10.1 Å². The van der Waals surface area contributed by atoms with Crippen LogP contribution in [0.4, 0.5) is 0 Å². The van der Waals surface area contributed by atoms with Gasteiger partial charge in [0.25, 0.3) is 0 Å². The Balaban J connectivity index is 3.39. The van der Waals surface area contributed by atoms with Crippen molar-refractivity contribution in [3.05, 3.63) is 0 Å². The lowest BCUT2D eigenvalue weighted by Gasteiger charge is -2.10. The number of halogens is 1. The van der Waals surface area contributed by atoms with E-state index in [0.717, 1.165) is 6.42 Å². The van der Waals surface area contributed by atoms with Gasteiger partial charge in [-0.05, 0) is 6.42 Å². The number of hydrogen-bond donors (Lipinski definition) is 1. The molecule has 4 heteroatoms. The summed E-state index contributed by atoms with van der Waals surface area (Å²) in [7, 11) is 1.61. The summed E-state index contributed by atoms with van der Waals surface area (Å²) in [6.07, 6.45) is 0.744. The van der Waals surface area contributed by atoms with Crippen molar-refractivity contribution in [1.82, 2.24) is 5.32 Å². The van der Waals surface area contributed by atoms with Crippen LogP contribution in [0.5, 0.6) is 0 Å². The summed E-state index contributed by atoms with van der Waals surface area (Å²) in [6.45, 7) is 4.87. The number of hydrogen-bond acceptors (Lipinski definition) is 2. The predicted molar refractivity (Wildman–Crippen MR) is 54.0 cm³/mol. The first-order valence-corrected chi connectivity index (χ1v) is 4.92. The molecule has 0 fully saturated rings. The van der Waals surface area contributed by atoms with E-state index in [-0.39, 0.29) is 17.2 Å². The van der Waals surface area contributed by atoms with Gasteiger partial charge in [0.15, 0.2) is 0 Å². The Morgan fingerprint density at radius 2 is 2.15 bits per heavy atom. The first-order valence-electron chi connectivity index (χ1n) is 4.48. The number of carbonyl (C=O) groups excluding carboxylic acids is 1. The summed E-state index contributed by atoms with van der Waals surface area (Å²) >= 11 is 5.87. The molecule has 0 aromatic heterocycles. The Hall–Kier alpha value is -0.280. The molecule has 1 amide bonds. The molecule has 0 aliphatic carbocycles. The minimum atomic E-state index is -0.0162. The topological polar surface area (TPSA) is 38.3 Å². The second-order valence-electron chi connectivity index (χ2n) is 3.29. The van der Waals surface area contributed by atoms with Crippen molar-refractivity contribution in [3.8, 4) is 0 Å². The average molecular weight is 208 g/mol. The van der Waals surface area contributed by atoms with Gasteiger partial charge in [0.05, 0.1) is 12.0 Å². The molecule has 0 aromatic carbocycles. The number of methoxy groups -OCH3 is 1. The van der Waals surface area contributed by atoms with E-state index in [1.54, 1.807) is 7.11 Å². The van der Waals surface area contributed by atoms with Gasteiger partial charge in [-0.1, -0.05) is 13.8 Å². The summed E-state index contributed by atoms with van der Waals surface area (Å²) in [5.41, 5.74) is 0. The summed E-state index contributed by atoms with van der Waals surface area (Å²) in [5.74, 6) is 0.109. The number of alkyl halides is 1. The third kappa shape index (κ3) is 6.84. The molecule has 1 unspecified atom stereocenters. The minimum Gasteiger partial charge on any atom is -0.383 e. The van der Waals surface area contributed by atoms with E-state index in [1.807, 2.05) is 13.8 Å². The lowest BCUT2D eigenvalue weighted by atomic mass is 10.2. The Labute approximate surface area is 84.8 Å². The number of nitrogens with one attached hydrogen (secondary N) is 1. The van der Waals surface area contributed by atoms with Crippen LogP contribution in [0.15, 0.2) is 0 Å². The Morgan fingerprint density at radius 3 is 2.62 bits per heavy atom. The third-order valence-electron chi connectivity index (χ3n) is 1.63. The Morgan fingerprint density at radius 1 is 1.54 bits per heavy atom. The van der Waals surface area contributed by atoms with Crippen molar-refractivity contribution in [2.45, 2.75) is 25.6 Å². The predicted octanol–water partition coefficient (Wildman–Crippen LogP) is 1.40. The standard InChI is InChI=1S/C9H18ClNO2/c1-7(2)9(12)11-5-4-8(10)6-13-3/h7-8H,4-6H2,1-3H3,(H,11,12). The van der Waals surface area contributed by atoms with Gasteiger partial charge in [-0.3, -0.25) is 4.79 Å². The molecule has 0 aromatic rings. The first kappa shape index (κ1) is 12.7. The van der Waals surface area contributed by atoms with Crippen LogP contribution in [0.3, 0.4) is 0 Å². The lowest BCUT2D eigenvalue weighted by Crippen LogP contribution is -2.30. The van der Waals surface area contributed by atoms with E-state index >= 15 is 0 Å². The molecular weight excluding hydrogens is 190 g/mol. The van der Waals surface area contributed by atoms with Crippen LogP contribution in [-0.4, -0.2) is 31.5 Å². The zero-order chi connectivity index (χ0) is 10.3. The van der Waals surface area contributed by atoms with Crippen LogP contribution in [0.2, 0.25) is 0 Å². The molecule has 0 spiro atoms. The van der Waals surface area contributed by atoms with Gasteiger partial charge in [-0.25, -0.2) is 0 Å². The van der Waals surface area contributed by atoms with Gasteiger partial charge in [0.2, 0.25) is 5.91 Å². The van der Waals surface area contributed by atoms with Gasteiger partial charge in [0.1, 0.15) is 0 Å². The van der Waals surface area contributed by atoms with Crippen LogP contribution in [0, 0.1) is 5.92 Å². The molecule has 0 radical (unpaired) electrons. The van der Waals surface area contributed by atoms with E-state index in [4.69, 9.17) is 16.3 Å². The van der Waals surface area contributed by atoms with Crippen LogP contribution >= 0.6 is 11.6 Å². The molecule has 0 bridgehead atoms. The highest BCUT2D eigenvalue weighted by Crippen LogP contribution is 2.01. The summed E-state index contributed by atoms with van der Waals surface area (Å²) in [4.78, 5) is 11.1. The van der Waals surface area contributed by atoms with Crippen LogP contribution in [0.1, 0.15) is 20.3 Å². The SMILES string of the molecule is COCC(Cl)CCNC(=O)C(C)C. The van der Waals surface area contributed by atoms with E-state index in [0.29, 0.717) is 13.2 Å². The highest BCUT2D eigenvalue weighted by atomic mass is 35.5. The van der Waals surface area contributed by atoms with Crippen LogP contribution in [-0.2, 0) is 9.53 Å². The number of carbonyl (C=O) groups is 1. The third-order valence-corrected chi connectivity index (χ3v) is 1.97. The van der Waals surface area contributed by atoms with Crippen molar-refractivity contribution in [2.24, 2.45) is 5.92 Å². The molecule has 0 rings (SSSR count). The smallest absolute Gasteiger partial charge is 0.222 e. The fourth-order valence-corrected chi connectivity index (χ4v) is 1.06. The molecule has 0 aliphatic rings. The van der Waals surface area contributed by atoms with E-state index < -0.39 is 0 Å². The second-order valence-corrected chi connectivity index (χ2v) is 3.90. The molecular formula is C9H18ClNO2. The summed E-state index contributed by atoms with van der Waals surface area (Å²) in [5, 5.41) is 2.78. The lowest BCUT2D eigenvalue weighted by molar-refractivity contribution is -0.123. The Kier molecular flexibility index (Phi) is 7.00. The second kappa shape index (κ2) is 7.15. The molecule has 0 saturated heterocycles. The fourth-order valence-electron chi connectivity index (χ4n) is 0.820. The summed E-state index contributed by atoms with van der Waals surface area (Å²) < 4.78 is 4.86. The zero-order valence-corrected chi connectivity index (χ0v) is 9.23. The highest BCUT2D eigenvalue weighted by molar-refractivity contribution is 6.20. The molecule has 1 N–H and O–H groups in total. The Bertz CT molecular complexity index is 151.